The first kappa shape index (κ1) is 4.43. The van der Waals surface area contributed by atoms with Crippen LogP contribution >= 0.6 is 0 Å². The van der Waals surface area contributed by atoms with Crippen molar-refractivity contribution < 1.29 is 9.90 Å². The predicted octanol–water partition coefficient (Wildman–Crippen LogP) is -0.970. The molecular formula is C2H5NO2. The van der Waals surface area contributed by atoms with Gasteiger partial charge in [-0.1, -0.05) is 0 Å². The first-order valence-electron chi connectivity index (χ1n) is 1.19. The third kappa shape index (κ3) is 3.43. The Bertz CT molecular complexity index is 42.9. The van der Waals surface area contributed by atoms with Gasteiger partial charge in [-0.2, -0.15) is 0 Å². The molecule has 0 saturated heterocycles. The van der Waals surface area contributed by atoms with Gasteiger partial charge in [-0.25, -0.2) is 0 Å². The molecule has 0 fully saturated rings. The summed E-state index contributed by atoms with van der Waals surface area (Å²) in [5.74, 6) is -0.968. The lowest BCUT2D eigenvalue weighted by Gasteiger charge is -1.73. The number of nitrogens with two attached hydrogens (primary N) is 1. The van der Waals surface area contributed by atoms with E-state index in [1.165, 1.54) is 0 Å². The number of carbonyl (C=O) groups is 1. The first-order valence-corrected chi connectivity index (χ1v) is 1.19. The maximum Gasteiger partial charge on any atom is 0.317 e. The van der Waals surface area contributed by atoms with Gasteiger partial charge in [0.1, 0.15) is 0 Å². The fourth-order valence-corrected chi connectivity index (χ4v) is 0. The van der Waals surface area contributed by atoms with E-state index in [0.717, 1.165) is 0 Å². The molecule has 0 amide bonds. The van der Waals surface area contributed by atoms with E-state index in [1.54, 1.807) is 0 Å². The Kier molecular flexibility index (Phi) is 1.53. The second-order valence-electron chi connectivity index (χ2n) is 0.598. The molecule has 0 aliphatic rings. The van der Waals surface area contributed by atoms with Gasteiger partial charge in [0, 0.05) is 0 Å². The standard InChI is InChI=1S/C2H5NO2/c3-1-2(4)5/h1,3H2,(H,4,5)/i3+2. The summed E-state index contributed by atoms with van der Waals surface area (Å²) in [7, 11) is 0. The third-order valence-electron chi connectivity index (χ3n) is 0.175. The zero-order valence-corrected chi connectivity index (χ0v) is 2.64. The molecule has 3 N–H and O–H groups in total. The lowest BCUT2D eigenvalue weighted by molar-refractivity contribution is -0.135. The Hall–Kier alpha value is -0.570. The van der Waals surface area contributed by atoms with E-state index in [-0.39, 0.29) is 6.54 Å². The number of carboxylic acid groups (broad SMARTS) is 1. The molecule has 0 aromatic carbocycles. The van der Waals surface area contributed by atoms with Crippen molar-refractivity contribution in [2.24, 2.45) is 5.73 Å². The van der Waals surface area contributed by atoms with Crippen molar-refractivity contribution in [3.05, 3.63) is 0 Å². The van der Waals surface area contributed by atoms with Crippen LogP contribution in [0, 0.1) is 0 Å². The van der Waals surface area contributed by atoms with Crippen molar-refractivity contribution in [1.29, 1.82) is 0 Å². The number of aliphatic carboxylic acids is 1. The maximum atomic E-state index is 9.24. The molecule has 0 atom stereocenters. The van der Waals surface area contributed by atoms with Gasteiger partial charge in [-0.15, -0.1) is 0 Å². The van der Waals surface area contributed by atoms with Crippen LogP contribution in [0.2, 0.25) is 0 Å². The van der Waals surface area contributed by atoms with Gasteiger partial charge >= 0.3 is 5.97 Å². The second kappa shape index (κ2) is 1.72. The number of rotatable bonds is 1. The monoisotopic (exact) mass is 77.0 g/mol. The van der Waals surface area contributed by atoms with Crippen LogP contribution in [0.1, 0.15) is 0 Å². The maximum absolute atomic E-state index is 9.24. The van der Waals surface area contributed by atoms with Crippen molar-refractivity contribution in [2.45, 2.75) is 0 Å². The summed E-state index contributed by atoms with van der Waals surface area (Å²) in [6, 6.07) is 0. The molecule has 0 aliphatic carbocycles. The minimum atomic E-state index is -0.968. The van der Waals surface area contributed by atoms with Crippen LogP contribution in [0.3, 0.4) is 0 Å². The molecule has 0 saturated carbocycles. The van der Waals surface area contributed by atoms with Crippen molar-refractivity contribution in [3.8, 4) is 0 Å². The summed E-state index contributed by atoms with van der Waals surface area (Å²) in [5, 5.41) is 7.60. The van der Waals surface area contributed by atoms with E-state index in [2.05, 4.69) is 5.73 Å². The van der Waals surface area contributed by atoms with E-state index in [1.807, 2.05) is 0 Å². The molecule has 0 unspecified atom stereocenters. The summed E-state index contributed by atoms with van der Waals surface area (Å²) in [6.45, 7) is -0.278. The van der Waals surface area contributed by atoms with E-state index in [0.29, 0.717) is 0 Å². The highest BCUT2D eigenvalue weighted by Crippen LogP contribution is 1.43. The summed E-state index contributed by atoms with van der Waals surface area (Å²) in [4.78, 5) is 9.24. The fraction of sp³-hybridized carbons (Fsp3) is 0.500. The average Bonchev–Trinajstić information content (AvgIpc) is 1.38. The smallest absolute Gasteiger partial charge is 0.317 e. The van der Waals surface area contributed by atoms with Crippen LogP contribution < -0.4 is 5.73 Å². The molecular weight excluding hydrogens is 72.0 g/mol. The van der Waals surface area contributed by atoms with Crippen molar-refractivity contribution in [1.82, 2.24) is 0 Å². The molecule has 0 aromatic heterocycles. The average molecular weight is 77.1 g/mol. The highest BCUT2D eigenvalue weighted by molar-refractivity contribution is 5.68. The first-order chi connectivity index (χ1) is 2.27. The lowest BCUT2D eigenvalue weighted by Crippen LogP contribution is -2.10. The Morgan fingerprint density at radius 3 is 2.20 bits per heavy atom. The second-order valence-corrected chi connectivity index (χ2v) is 0.598. The molecule has 0 aromatic rings. The highest BCUT2D eigenvalue weighted by Gasteiger charge is 1.81. The number of hydrogen-bond donors (Lipinski definition) is 2. The Balaban J connectivity index is 2.85. The Morgan fingerprint density at radius 1 is 2.00 bits per heavy atom. The van der Waals surface area contributed by atoms with Gasteiger partial charge < -0.3 is 10.8 Å². The molecule has 0 spiro atoms. The van der Waals surface area contributed by atoms with E-state index in [9.17, 15) is 4.79 Å². The predicted molar refractivity (Wildman–Crippen MR) is 16.7 cm³/mol. The number of hydrogen-bond acceptors (Lipinski definition) is 2. The summed E-state index contributed by atoms with van der Waals surface area (Å²) in [6.07, 6.45) is 0. The van der Waals surface area contributed by atoms with Crippen molar-refractivity contribution in [3.63, 3.8) is 0 Å². The normalized spacial score (nSPS) is 7.40. The Labute approximate surface area is 29.4 Å². The molecule has 3 heteroatoms. The van der Waals surface area contributed by atoms with Crippen LogP contribution in [0.5, 0.6) is 0 Å². The summed E-state index contributed by atoms with van der Waals surface area (Å²) < 4.78 is 0. The summed E-state index contributed by atoms with van der Waals surface area (Å²) in [5.41, 5.74) is 4.57. The molecule has 5 heavy (non-hydrogen) atoms. The van der Waals surface area contributed by atoms with E-state index in [4.69, 9.17) is 5.11 Å². The van der Waals surface area contributed by atoms with Gasteiger partial charge in [-0.05, 0) is 0 Å². The molecule has 30 valence electrons. The van der Waals surface area contributed by atoms with Crippen LogP contribution in [0.4, 0.5) is 0 Å². The van der Waals surface area contributed by atoms with Gasteiger partial charge in [0.25, 0.3) is 0 Å². The molecule has 0 bridgehead atoms. The molecule has 0 rings (SSSR count). The zero-order chi connectivity index (χ0) is 4.28. The van der Waals surface area contributed by atoms with E-state index < -0.39 is 5.97 Å². The largest absolute Gasteiger partial charge is 0.480 e. The molecule has 0 heterocycles. The number of carboxylic acids is 1. The molecule has 3 nitrogen and oxygen atoms in total. The van der Waals surface area contributed by atoms with Crippen molar-refractivity contribution >= 4 is 5.97 Å². The van der Waals surface area contributed by atoms with Crippen molar-refractivity contribution in [2.75, 3.05) is 6.54 Å². The minimum Gasteiger partial charge on any atom is -0.480 e. The van der Waals surface area contributed by atoms with Gasteiger partial charge in [0.15, 0.2) is 0 Å². The van der Waals surface area contributed by atoms with Gasteiger partial charge in [-0.3, -0.25) is 4.79 Å². The lowest BCUT2D eigenvalue weighted by atomic mass is 10.8. The SMILES string of the molecule is [16NH2]CC(=O)O. The highest BCUT2D eigenvalue weighted by atomic mass is 16.4. The van der Waals surface area contributed by atoms with Crippen LogP contribution in [0.25, 0.3) is 0 Å². The van der Waals surface area contributed by atoms with Crippen LogP contribution in [-0.2, 0) is 4.79 Å². The zero-order valence-electron chi connectivity index (χ0n) is 2.64. The molecule has 0 radical (unpaired) electrons. The van der Waals surface area contributed by atoms with Crippen LogP contribution in [-0.4, -0.2) is 17.6 Å². The third-order valence-corrected chi connectivity index (χ3v) is 0.175. The van der Waals surface area contributed by atoms with E-state index >= 15 is 0 Å². The van der Waals surface area contributed by atoms with Gasteiger partial charge in [0.2, 0.25) is 0 Å². The minimum absolute atomic E-state index is 0.278. The summed E-state index contributed by atoms with van der Waals surface area (Å²) >= 11 is 0. The Morgan fingerprint density at radius 2 is 2.20 bits per heavy atom. The molecule has 0 aliphatic heterocycles. The topological polar surface area (TPSA) is 63.3 Å². The van der Waals surface area contributed by atoms with Gasteiger partial charge in [0.05, 0.1) is 6.54 Å². The quantitative estimate of drug-likeness (QED) is 0.423. The van der Waals surface area contributed by atoms with Crippen LogP contribution in [0.15, 0.2) is 0 Å². The fourth-order valence-electron chi connectivity index (χ4n) is 0.